The molecule has 3 heterocycles. The highest BCUT2D eigenvalue weighted by molar-refractivity contribution is 7.09. The van der Waals surface area contributed by atoms with Gasteiger partial charge in [-0.15, -0.1) is 0 Å². The molecule has 5 nitrogen and oxygen atoms in total. The van der Waals surface area contributed by atoms with Crippen LogP contribution in [0, 0.1) is 24.7 Å². The van der Waals surface area contributed by atoms with Crippen molar-refractivity contribution in [3.63, 3.8) is 0 Å². The molecule has 0 bridgehead atoms. The zero-order valence-corrected chi connectivity index (χ0v) is 14.7. The van der Waals surface area contributed by atoms with Crippen molar-refractivity contribution in [2.24, 2.45) is 17.8 Å². The first-order chi connectivity index (χ1) is 11.2. The smallest absolute Gasteiger partial charge is 0.225 e. The number of hydrogen-bond donors (Lipinski definition) is 0. The van der Waals surface area contributed by atoms with Crippen LogP contribution >= 0.6 is 11.5 Å². The Morgan fingerprint density at radius 3 is 2.30 bits per heavy atom. The standard InChI is InChI=1S/C17H26N4OS/c1-12-18-17(23-19-12)20-8-6-13(7-9-20)16(22)21-10-14-4-2-3-5-15(14)11-21/h13-15H,2-11H2,1H3. The fourth-order valence-corrected chi connectivity index (χ4v) is 5.30. The molecule has 2 unspecified atom stereocenters. The number of carbonyl (C=O) groups is 1. The third kappa shape index (κ3) is 3.10. The highest BCUT2D eigenvalue weighted by Gasteiger charge is 2.39. The molecule has 1 aromatic rings. The summed E-state index contributed by atoms with van der Waals surface area (Å²) in [4.78, 5) is 21.8. The first kappa shape index (κ1) is 15.4. The highest BCUT2D eigenvalue weighted by Crippen LogP contribution is 2.37. The summed E-state index contributed by atoms with van der Waals surface area (Å²) in [6, 6.07) is 0. The van der Waals surface area contributed by atoms with Gasteiger partial charge in [0.2, 0.25) is 11.0 Å². The summed E-state index contributed by atoms with van der Waals surface area (Å²) in [5, 5.41) is 1.01. The molecule has 126 valence electrons. The Morgan fingerprint density at radius 2 is 1.74 bits per heavy atom. The molecule has 1 aliphatic carbocycles. The molecule has 3 fully saturated rings. The van der Waals surface area contributed by atoms with Crippen LogP contribution in [0.1, 0.15) is 44.3 Å². The minimum atomic E-state index is 0.223. The van der Waals surface area contributed by atoms with Crippen molar-refractivity contribution in [2.75, 3.05) is 31.1 Å². The van der Waals surface area contributed by atoms with Crippen molar-refractivity contribution in [2.45, 2.75) is 45.4 Å². The predicted octanol–water partition coefficient (Wildman–Crippen LogP) is 2.71. The Labute approximate surface area is 142 Å². The number of aromatic nitrogens is 2. The maximum Gasteiger partial charge on any atom is 0.225 e. The van der Waals surface area contributed by atoms with Gasteiger partial charge in [0, 0.05) is 43.6 Å². The van der Waals surface area contributed by atoms with E-state index in [9.17, 15) is 4.79 Å². The Morgan fingerprint density at radius 1 is 1.09 bits per heavy atom. The molecular formula is C17H26N4OS. The second-order valence-electron chi connectivity index (χ2n) is 7.43. The van der Waals surface area contributed by atoms with E-state index in [1.54, 1.807) is 0 Å². The summed E-state index contributed by atoms with van der Waals surface area (Å²) in [7, 11) is 0. The Balaban J connectivity index is 1.32. The number of rotatable bonds is 2. The summed E-state index contributed by atoms with van der Waals surface area (Å²) in [5.74, 6) is 3.07. The van der Waals surface area contributed by atoms with Crippen molar-refractivity contribution >= 4 is 22.6 Å². The number of aryl methyl sites for hydroxylation is 1. The zero-order valence-electron chi connectivity index (χ0n) is 13.9. The van der Waals surface area contributed by atoms with E-state index in [1.807, 2.05) is 6.92 Å². The van der Waals surface area contributed by atoms with Gasteiger partial charge in [0.05, 0.1) is 0 Å². The molecule has 0 radical (unpaired) electrons. The predicted molar refractivity (Wildman–Crippen MR) is 91.6 cm³/mol. The third-order valence-corrected chi connectivity index (χ3v) is 6.79. The second-order valence-corrected chi connectivity index (χ2v) is 8.16. The van der Waals surface area contributed by atoms with E-state index in [-0.39, 0.29) is 5.92 Å². The minimum absolute atomic E-state index is 0.223. The molecule has 1 amide bonds. The van der Waals surface area contributed by atoms with Crippen LogP contribution < -0.4 is 4.90 Å². The lowest BCUT2D eigenvalue weighted by molar-refractivity contribution is -0.135. The summed E-state index contributed by atoms with van der Waals surface area (Å²) >= 11 is 1.47. The van der Waals surface area contributed by atoms with E-state index >= 15 is 0 Å². The normalized spacial score (nSPS) is 28.9. The first-order valence-corrected chi connectivity index (χ1v) is 9.82. The van der Waals surface area contributed by atoms with Gasteiger partial charge in [-0.05, 0) is 44.4 Å². The van der Waals surface area contributed by atoms with Crippen LogP contribution in [0.2, 0.25) is 0 Å². The largest absolute Gasteiger partial charge is 0.347 e. The van der Waals surface area contributed by atoms with Gasteiger partial charge < -0.3 is 9.80 Å². The molecule has 0 aromatic carbocycles. The molecule has 1 saturated carbocycles. The van der Waals surface area contributed by atoms with Gasteiger partial charge in [0.15, 0.2) is 0 Å². The van der Waals surface area contributed by atoms with Gasteiger partial charge in [-0.3, -0.25) is 4.79 Å². The maximum absolute atomic E-state index is 12.9. The number of likely N-dealkylation sites (tertiary alicyclic amines) is 1. The molecule has 4 rings (SSSR count). The van der Waals surface area contributed by atoms with Crippen LogP contribution in [-0.4, -0.2) is 46.3 Å². The van der Waals surface area contributed by atoms with E-state index in [4.69, 9.17) is 0 Å². The van der Waals surface area contributed by atoms with Gasteiger partial charge in [-0.2, -0.15) is 4.37 Å². The highest BCUT2D eigenvalue weighted by atomic mass is 32.1. The van der Waals surface area contributed by atoms with Gasteiger partial charge in [0.1, 0.15) is 5.82 Å². The Bertz CT molecular complexity index is 553. The lowest BCUT2D eigenvalue weighted by Crippen LogP contribution is -2.42. The average Bonchev–Trinajstić information content (AvgIpc) is 3.20. The maximum atomic E-state index is 12.9. The minimum Gasteiger partial charge on any atom is -0.347 e. The van der Waals surface area contributed by atoms with Gasteiger partial charge in [0.25, 0.3) is 0 Å². The molecular weight excluding hydrogens is 308 g/mol. The van der Waals surface area contributed by atoms with Gasteiger partial charge in [-0.25, -0.2) is 4.98 Å². The van der Waals surface area contributed by atoms with Crippen molar-refractivity contribution < 1.29 is 4.79 Å². The van der Waals surface area contributed by atoms with Crippen LogP contribution in [0.4, 0.5) is 5.13 Å². The zero-order chi connectivity index (χ0) is 15.8. The van der Waals surface area contributed by atoms with Gasteiger partial charge >= 0.3 is 0 Å². The number of anilines is 1. The fraction of sp³-hybridized carbons (Fsp3) is 0.824. The van der Waals surface area contributed by atoms with E-state index < -0.39 is 0 Å². The molecule has 2 atom stereocenters. The van der Waals surface area contributed by atoms with E-state index in [2.05, 4.69) is 19.2 Å². The molecule has 0 N–H and O–H groups in total. The molecule has 23 heavy (non-hydrogen) atoms. The van der Waals surface area contributed by atoms with E-state index in [1.165, 1.54) is 37.2 Å². The van der Waals surface area contributed by atoms with Crippen LogP contribution in [0.25, 0.3) is 0 Å². The van der Waals surface area contributed by atoms with Gasteiger partial charge in [-0.1, -0.05) is 12.8 Å². The molecule has 3 aliphatic rings. The van der Waals surface area contributed by atoms with Crippen LogP contribution in [0.3, 0.4) is 0 Å². The van der Waals surface area contributed by atoms with E-state index in [0.717, 1.165) is 61.8 Å². The fourth-order valence-electron chi connectivity index (χ4n) is 4.58. The quantitative estimate of drug-likeness (QED) is 0.834. The van der Waals surface area contributed by atoms with Crippen molar-refractivity contribution in [3.05, 3.63) is 5.82 Å². The lowest BCUT2D eigenvalue weighted by atomic mass is 9.82. The van der Waals surface area contributed by atoms with Crippen LogP contribution in [-0.2, 0) is 4.79 Å². The molecule has 2 aliphatic heterocycles. The number of amides is 1. The van der Waals surface area contributed by atoms with Crippen molar-refractivity contribution in [1.82, 2.24) is 14.3 Å². The number of nitrogens with zero attached hydrogens (tertiary/aromatic N) is 4. The Hall–Kier alpha value is -1.17. The number of hydrogen-bond acceptors (Lipinski definition) is 5. The average molecular weight is 334 g/mol. The molecule has 1 aromatic heterocycles. The Kier molecular flexibility index (Phi) is 4.26. The number of fused-ring (bicyclic) bond motifs is 1. The summed E-state index contributed by atoms with van der Waals surface area (Å²) in [6.45, 7) is 5.86. The summed E-state index contributed by atoms with van der Waals surface area (Å²) in [6.07, 6.45) is 7.32. The van der Waals surface area contributed by atoms with Crippen LogP contribution in [0.15, 0.2) is 0 Å². The van der Waals surface area contributed by atoms with Crippen LogP contribution in [0.5, 0.6) is 0 Å². The summed E-state index contributed by atoms with van der Waals surface area (Å²) < 4.78 is 4.26. The number of carbonyl (C=O) groups excluding carboxylic acids is 1. The molecule has 2 saturated heterocycles. The topological polar surface area (TPSA) is 49.3 Å². The monoisotopic (exact) mass is 334 g/mol. The second kappa shape index (κ2) is 6.38. The SMILES string of the molecule is Cc1nsc(N2CCC(C(=O)N3CC4CCCCC4C3)CC2)n1. The molecule has 0 spiro atoms. The third-order valence-electron chi connectivity index (χ3n) is 5.92. The van der Waals surface area contributed by atoms with Crippen molar-refractivity contribution in [1.29, 1.82) is 0 Å². The summed E-state index contributed by atoms with van der Waals surface area (Å²) in [5.41, 5.74) is 0. The van der Waals surface area contributed by atoms with E-state index in [0.29, 0.717) is 5.91 Å². The number of piperidine rings is 1. The molecule has 6 heteroatoms. The van der Waals surface area contributed by atoms with Crippen molar-refractivity contribution in [3.8, 4) is 0 Å². The first-order valence-electron chi connectivity index (χ1n) is 9.05. The lowest BCUT2D eigenvalue weighted by Gasteiger charge is -2.32.